The molecule has 1 saturated carbocycles. The minimum absolute atomic E-state index is 0.0134. The Kier molecular flexibility index (Phi) is 5.35. The highest BCUT2D eigenvalue weighted by Gasteiger charge is 2.51. The van der Waals surface area contributed by atoms with Gasteiger partial charge in [-0.3, -0.25) is 9.52 Å². The number of nitrogens with one attached hydrogen (secondary N) is 2. The summed E-state index contributed by atoms with van der Waals surface area (Å²) in [6.45, 7) is 2.35. The standard InChI is InChI=1S/C24H24N2O3S/c1-18-6-5-9-22(16-18)30(28,29)26-21-12-10-20(11-13-21)24(14-15-24)23(27)25-17-19-7-3-2-4-8-19/h2-13,16,26H,14-15,17H2,1H3,(H,25,27). The number of aryl methyl sites for hydroxylation is 1. The number of benzene rings is 3. The van der Waals surface area contributed by atoms with Crippen molar-refractivity contribution in [2.24, 2.45) is 0 Å². The average molecular weight is 421 g/mol. The van der Waals surface area contributed by atoms with E-state index in [1.54, 1.807) is 30.3 Å². The molecule has 1 aliphatic rings. The van der Waals surface area contributed by atoms with Crippen LogP contribution in [-0.4, -0.2) is 14.3 Å². The van der Waals surface area contributed by atoms with Crippen LogP contribution in [0.1, 0.15) is 29.5 Å². The Balaban J connectivity index is 1.44. The first kappa shape index (κ1) is 20.2. The summed E-state index contributed by atoms with van der Waals surface area (Å²) in [5, 5.41) is 3.03. The number of carbonyl (C=O) groups excluding carboxylic acids is 1. The smallest absolute Gasteiger partial charge is 0.261 e. The Bertz CT molecular complexity index is 1150. The maximum atomic E-state index is 12.8. The van der Waals surface area contributed by atoms with E-state index in [0.717, 1.165) is 29.5 Å². The molecule has 0 aromatic heterocycles. The highest BCUT2D eigenvalue weighted by Crippen LogP contribution is 2.48. The van der Waals surface area contributed by atoms with Crippen LogP contribution in [0.3, 0.4) is 0 Å². The molecule has 2 N–H and O–H groups in total. The first-order valence-corrected chi connectivity index (χ1v) is 11.4. The van der Waals surface area contributed by atoms with E-state index in [9.17, 15) is 13.2 Å². The van der Waals surface area contributed by atoms with Crippen molar-refractivity contribution in [1.82, 2.24) is 5.32 Å². The van der Waals surface area contributed by atoms with E-state index in [-0.39, 0.29) is 10.8 Å². The van der Waals surface area contributed by atoms with Crippen LogP contribution in [0.2, 0.25) is 0 Å². The van der Waals surface area contributed by atoms with Crippen molar-refractivity contribution in [3.63, 3.8) is 0 Å². The van der Waals surface area contributed by atoms with E-state index in [1.807, 2.05) is 55.5 Å². The third-order valence-corrected chi connectivity index (χ3v) is 6.85. The van der Waals surface area contributed by atoms with Gasteiger partial charge in [-0.15, -0.1) is 0 Å². The van der Waals surface area contributed by atoms with Gasteiger partial charge in [0.05, 0.1) is 10.3 Å². The van der Waals surface area contributed by atoms with Crippen molar-refractivity contribution in [3.05, 3.63) is 95.6 Å². The molecule has 5 nitrogen and oxygen atoms in total. The fourth-order valence-electron chi connectivity index (χ4n) is 3.57. The summed E-state index contributed by atoms with van der Waals surface area (Å²) in [6.07, 6.45) is 1.59. The lowest BCUT2D eigenvalue weighted by atomic mass is 9.94. The monoisotopic (exact) mass is 420 g/mol. The van der Waals surface area contributed by atoms with E-state index in [0.29, 0.717) is 12.2 Å². The van der Waals surface area contributed by atoms with Crippen LogP contribution in [0.4, 0.5) is 5.69 Å². The summed E-state index contributed by atoms with van der Waals surface area (Å²) in [4.78, 5) is 13.0. The zero-order chi connectivity index (χ0) is 21.2. The first-order valence-electron chi connectivity index (χ1n) is 9.91. The minimum atomic E-state index is -3.65. The van der Waals surface area contributed by atoms with Gasteiger partial charge >= 0.3 is 0 Å². The highest BCUT2D eigenvalue weighted by atomic mass is 32.2. The van der Waals surface area contributed by atoms with Gasteiger partial charge < -0.3 is 5.32 Å². The predicted molar refractivity (Wildman–Crippen MR) is 118 cm³/mol. The van der Waals surface area contributed by atoms with Gasteiger partial charge in [0.25, 0.3) is 10.0 Å². The van der Waals surface area contributed by atoms with Gasteiger partial charge in [-0.1, -0.05) is 54.6 Å². The molecule has 154 valence electrons. The topological polar surface area (TPSA) is 75.3 Å². The van der Waals surface area contributed by atoms with Crippen LogP contribution in [-0.2, 0) is 26.8 Å². The first-order chi connectivity index (χ1) is 14.4. The van der Waals surface area contributed by atoms with Crippen molar-refractivity contribution < 1.29 is 13.2 Å². The third kappa shape index (κ3) is 4.24. The van der Waals surface area contributed by atoms with Gasteiger partial charge in [-0.25, -0.2) is 8.42 Å². The van der Waals surface area contributed by atoms with Crippen molar-refractivity contribution in [1.29, 1.82) is 0 Å². The lowest BCUT2D eigenvalue weighted by Gasteiger charge is -2.17. The summed E-state index contributed by atoms with van der Waals surface area (Å²) in [7, 11) is -3.65. The molecule has 0 bridgehead atoms. The summed E-state index contributed by atoms with van der Waals surface area (Å²) < 4.78 is 27.8. The molecule has 1 amide bonds. The molecule has 30 heavy (non-hydrogen) atoms. The third-order valence-electron chi connectivity index (χ3n) is 5.47. The molecule has 0 saturated heterocycles. The number of hydrogen-bond donors (Lipinski definition) is 2. The summed E-state index contributed by atoms with van der Waals surface area (Å²) in [5.41, 5.74) is 2.81. The van der Waals surface area contributed by atoms with Crippen molar-refractivity contribution in [2.45, 2.75) is 36.6 Å². The Morgan fingerprint density at radius 3 is 2.27 bits per heavy atom. The van der Waals surface area contributed by atoms with Crippen LogP contribution < -0.4 is 10.0 Å². The zero-order valence-electron chi connectivity index (χ0n) is 16.8. The van der Waals surface area contributed by atoms with Crippen LogP contribution in [0.5, 0.6) is 0 Å². The Hall–Kier alpha value is -3.12. The van der Waals surface area contributed by atoms with Gasteiger partial charge in [0.15, 0.2) is 0 Å². The Morgan fingerprint density at radius 2 is 1.63 bits per heavy atom. The number of anilines is 1. The van der Waals surface area contributed by atoms with Gasteiger partial charge in [-0.05, 0) is 60.7 Å². The normalized spacial score (nSPS) is 14.7. The Morgan fingerprint density at radius 1 is 0.933 bits per heavy atom. The second-order valence-corrected chi connectivity index (χ2v) is 9.43. The van der Waals surface area contributed by atoms with E-state index in [2.05, 4.69) is 10.0 Å². The number of hydrogen-bond acceptors (Lipinski definition) is 3. The highest BCUT2D eigenvalue weighted by molar-refractivity contribution is 7.92. The molecule has 1 fully saturated rings. The maximum absolute atomic E-state index is 12.8. The summed E-state index contributed by atoms with van der Waals surface area (Å²) in [5.74, 6) is 0.0134. The van der Waals surface area contributed by atoms with Crippen LogP contribution in [0, 0.1) is 6.92 Å². The number of amides is 1. The molecule has 0 radical (unpaired) electrons. The molecule has 0 aliphatic heterocycles. The molecule has 3 aromatic carbocycles. The van der Waals surface area contributed by atoms with E-state index < -0.39 is 15.4 Å². The van der Waals surface area contributed by atoms with Crippen LogP contribution in [0.15, 0.2) is 83.8 Å². The van der Waals surface area contributed by atoms with E-state index >= 15 is 0 Å². The summed E-state index contributed by atoms with van der Waals surface area (Å²) in [6, 6.07) is 23.7. The van der Waals surface area contributed by atoms with Crippen LogP contribution >= 0.6 is 0 Å². The maximum Gasteiger partial charge on any atom is 0.261 e. The second kappa shape index (κ2) is 7.95. The lowest BCUT2D eigenvalue weighted by Crippen LogP contribution is -2.34. The molecular weight excluding hydrogens is 396 g/mol. The zero-order valence-corrected chi connectivity index (χ0v) is 17.6. The van der Waals surface area contributed by atoms with E-state index in [4.69, 9.17) is 0 Å². The molecule has 0 atom stereocenters. The molecule has 0 spiro atoms. The molecule has 0 heterocycles. The largest absolute Gasteiger partial charge is 0.351 e. The second-order valence-electron chi connectivity index (χ2n) is 7.75. The van der Waals surface area contributed by atoms with Gasteiger partial charge in [0.2, 0.25) is 5.91 Å². The SMILES string of the molecule is Cc1cccc(S(=O)(=O)Nc2ccc(C3(C(=O)NCc4ccccc4)CC3)cc2)c1. The minimum Gasteiger partial charge on any atom is -0.351 e. The molecule has 0 unspecified atom stereocenters. The number of carbonyl (C=O) groups is 1. The fraction of sp³-hybridized carbons (Fsp3) is 0.208. The number of rotatable bonds is 7. The van der Waals surface area contributed by atoms with Gasteiger partial charge in [0, 0.05) is 12.2 Å². The quantitative estimate of drug-likeness (QED) is 0.603. The summed E-state index contributed by atoms with van der Waals surface area (Å²) >= 11 is 0. The Labute approximate surface area is 177 Å². The number of sulfonamides is 1. The molecule has 3 aromatic rings. The average Bonchev–Trinajstić information content (AvgIpc) is 3.55. The molecule has 1 aliphatic carbocycles. The van der Waals surface area contributed by atoms with Gasteiger partial charge in [0.1, 0.15) is 0 Å². The predicted octanol–water partition coefficient (Wildman–Crippen LogP) is 4.14. The molecule has 6 heteroatoms. The lowest BCUT2D eigenvalue weighted by molar-refractivity contribution is -0.123. The van der Waals surface area contributed by atoms with Crippen molar-refractivity contribution in [3.8, 4) is 0 Å². The van der Waals surface area contributed by atoms with Crippen molar-refractivity contribution >= 4 is 21.6 Å². The molecular formula is C24H24N2O3S. The molecule has 4 rings (SSSR count). The fourth-order valence-corrected chi connectivity index (χ4v) is 4.74. The van der Waals surface area contributed by atoms with Crippen molar-refractivity contribution in [2.75, 3.05) is 4.72 Å². The van der Waals surface area contributed by atoms with Crippen LogP contribution in [0.25, 0.3) is 0 Å². The van der Waals surface area contributed by atoms with E-state index in [1.165, 1.54) is 0 Å². The van der Waals surface area contributed by atoms with Gasteiger partial charge in [-0.2, -0.15) is 0 Å².